The first-order chi connectivity index (χ1) is 21.4. The number of halogens is 24. The van der Waals surface area contributed by atoms with E-state index in [1.54, 1.807) is 0 Å². The monoisotopic (exact) mass is 830 g/mol. The van der Waals surface area contributed by atoms with E-state index < -0.39 is 123 Å². The van der Waals surface area contributed by atoms with Gasteiger partial charge in [-0.2, -0.15) is 105 Å². The van der Waals surface area contributed by atoms with Crippen molar-refractivity contribution in [3.8, 4) is 0 Å². The van der Waals surface area contributed by atoms with Gasteiger partial charge in [-0.05, 0) is 19.3 Å². The van der Waals surface area contributed by atoms with Gasteiger partial charge >= 0.3 is 66.6 Å². The van der Waals surface area contributed by atoms with Crippen LogP contribution in [-0.4, -0.2) is 86.0 Å². The summed E-state index contributed by atoms with van der Waals surface area (Å²) in [6.45, 7) is 0. The van der Waals surface area contributed by atoms with Crippen LogP contribution in [0.25, 0.3) is 0 Å². The van der Waals surface area contributed by atoms with Gasteiger partial charge in [-0.1, -0.05) is 0 Å². The van der Waals surface area contributed by atoms with Gasteiger partial charge in [-0.25, -0.2) is 0 Å². The molecule has 0 aromatic carbocycles. The molecule has 6 nitrogen and oxygen atoms in total. The van der Waals surface area contributed by atoms with Crippen molar-refractivity contribution in [3.05, 3.63) is 0 Å². The van der Waals surface area contributed by atoms with Crippen LogP contribution in [0.3, 0.4) is 0 Å². The van der Waals surface area contributed by atoms with Crippen LogP contribution in [0.15, 0.2) is 0 Å². The zero-order chi connectivity index (χ0) is 39.0. The summed E-state index contributed by atoms with van der Waals surface area (Å²) in [7, 11) is -10.6. The van der Waals surface area contributed by atoms with Crippen molar-refractivity contribution in [1.29, 1.82) is 0 Å². The van der Waals surface area contributed by atoms with E-state index in [1.807, 2.05) is 0 Å². The standard InChI is InChI=1S/C17H12F24O6P2/c18-10(19,20)6(11(21,22)23)44-48(45-7(12(24,25)26)13(27,28)29)42-4-2-1-3-5(4)43-49(46-8(14(30,31)32)15(33,34)35)47-9(16(36,37)38)17(39,40)41/h4-9H,1-3H2/t4-,5-/m0/s1. The molecule has 0 saturated heterocycles. The van der Waals surface area contributed by atoms with Gasteiger partial charge < -0.3 is 9.05 Å². The molecule has 2 atom stereocenters. The Bertz CT molecular complexity index is 825. The highest BCUT2D eigenvalue weighted by molar-refractivity contribution is 7.42. The zero-order valence-electron chi connectivity index (χ0n) is 22.0. The van der Waals surface area contributed by atoms with Crippen LogP contribution in [-0.2, 0) is 27.1 Å². The molecule has 1 aliphatic carbocycles. The lowest BCUT2D eigenvalue weighted by molar-refractivity contribution is -0.317. The number of hydrogen-bond donors (Lipinski definition) is 0. The molecule has 0 unspecified atom stereocenters. The lowest BCUT2D eigenvalue weighted by atomic mass is 10.3. The van der Waals surface area contributed by atoms with E-state index in [0.29, 0.717) is 0 Å². The van der Waals surface area contributed by atoms with Crippen molar-refractivity contribution in [2.45, 2.75) is 105 Å². The lowest BCUT2D eigenvalue weighted by Gasteiger charge is -2.34. The third-order valence-corrected chi connectivity index (χ3v) is 7.40. The van der Waals surface area contributed by atoms with E-state index in [-0.39, 0.29) is 0 Å². The number of alkyl halides is 24. The van der Waals surface area contributed by atoms with Crippen LogP contribution in [0.2, 0.25) is 0 Å². The molecule has 0 bridgehead atoms. The summed E-state index contributed by atoms with van der Waals surface area (Å²) in [5.41, 5.74) is 0. The SMILES string of the molecule is FC(F)(F)C(OP(OC(C(F)(F)F)C(F)(F)F)O[C@H]1CCC[C@@H]1OP(OC(C(F)(F)F)C(F)(F)F)OC(C(F)(F)F)C(F)(F)F)C(F)(F)F. The first-order valence-electron chi connectivity index (χ1n) is 11.5. The van der Waals surface area contributed by atoms with Crippen molar-refractivity contribution in [3.63, 3.8) is 0 Å². The molecule has 0 N–H and O–H groups in total. The van der Waals surface area contributed by atoms with Gasteiger partial charge in [0.15, 0.2) is 0 Å². The average molecular weight is 830 g/mol. The third kappa shape index (κ3) is 14.5. The third-order valence-electron chi connectivity index (χ3n) is 4.98. The van der Waals surface area contributed by atoms with E-state index in [4.69, 9.17) is 0 Å². The predicted molar refractivity (Wildman–Crippen MR) is 105 cm³/mol. The zero-order valence-corrected chi connectivity index (χ0v) is 23.8. The largest absolute Gasteiger partial charge is 0.424 e. The number of rotatable bonds is 12. The fourth-order valence-electron chi connectivity index (χ4n) is 3.07. The predicted octanol–water partition coefficient (Wildman–Crippen LogP) is 10.4. The molecule has 294 valence electrons. The Labute approximate surface area is 256 Å². The van der Waals surface area contributed by atoms with E-state index in [1.165, 1.54) is 0 Å². The summed E-state index contributed by atoms with van der Waals surface area (Å²) in [6, 6.07) is 0. The fourth-order valence-corrected chi connectivity index (χ4v) is 5.94. The molecular weight excluding hydrogens is 818 g/mol. The summed E-state index contributed by atoms with van der Waals surface area (Å²) >= 11 is 0. The van der Waals surface area contributed by atoms with Crippen molar-refractivity contribution >= 4 is 17.2 Å². The van der Waals surface area contributed by atoms with Crippen LogP contribution in [0.5, 0.6) is 0 Å². The molecule has 49 heavy (non-hydrogen) atoms. The Hall–Kier alpha value is -1.06. The molecular formula is C17H12F24O6P2. The van der Waals surface area contributed by atoms with Gasteiger partial charge in [0.05, 0.1) is 12.2 Å². The Morgan fingerprint density at radius 2 is 0.490 bits per heavy atom. The second-order valence-electron chi connectivity index (χ2n) is 8.94. The highest BCUT2D eigenvalue weighted by Gasteiger charge is 2.65. The van der Waals surface area contributed by atoms with Crippen LogP contribution >= 0.6 is 17.2 Å². The molecule has 1 rings (SSSR count). The molecule has 32 heteroatoms. The van der Waals surface area contributed by atoms with Gasteiger partial charge in [0.25, 0.3) is 24.4 Å². The molecule has 0 radical (unpaired) electrons. The van der Waals surface area contributed by atoms with E-state index >= 15 is 0 Å². The van der Waals surface area contributed by atoms with Crippen molar-refractivity contribution in [1.82, 2.24) is 0 Å². The average Bonchev–Trinajstić information content (AvgIpc) is 3.22. The molecule has 1 aliphatic rings. The maximum atomic E-state index is 13.0. The van der Waals surface area contributed by atoms with Gasteiger partial charge in [-0.3, -0.25) is 18.1 Å². The van der Waals surface area contributed by atoms with Crippen molar-refractivity contribution < 1.29 is 133 Å². The molecule has 0 heterocycles. The second kappa shape index (κ2) is 15.5. The maximum Gasteiger partial charge on any atom is 0.424 e. The minimum atomic E-state index is -6.73. The second-order valence-corrected chi connectivity index (χ2v) is 11.1. The summed E-state index contributed by atoms with van der Waals surface area (Å²) in [5.74, 6) is 0. The van der Waals surface area contributed by atoms with Crippen LogP contribution < -0.4 is 0 Å². The van der Waals surface area contributed by atoms with Crippen LogP contribution in [0, 0.1) is 0 Å². The van der Waals surface area contributed by atoms with E-state index in [0.717, 1.165) is 0 Å². The Balaban J connectivity index is 3.64. The van der Waals surface area contributed by atoms with Crippen LogP contribution in [0.4, 0.5) is 105 Å². The summed E-state index contributed by atoms with van der Waals surface area (Å²) < 4.78 is 332. The lowest BCUT2D eigenvalue weighted by Crippen LogP contribution is -2.46. The fraction of sp³-hybridized carbons (Fsp3) is 1.00. The summed E-state index contributed by atoms with van der Waals surface area (Å²) in [4.78, 5) is 0. The minimum Gasteiger partial charge on any atom is -0.306 e. The number of hydrogen-bond acceptors (Lipinski definition) is 6. The molecule has 0 spiro atoms. The quantitative estimate of drug-likeness (QED) is 0.144. The van der Waals surface area contributed by atoms with Crippen molar-refractivity contribution in [2.24, 2.45) is 0 Å². The summed E-state index contributed by atoms with van der Waals surface area (Å²) in [5, 5.41) is 0. The van der Waals surface area contributed by atoms with E-state index in [9.17, 15) is 105 Å². The van der Waals surface area contributed by atoms with Gasteiger partial charge in [0.1, 0.15) is 0 Å². The normalized spacial score (nSPS) is 20.0. The highest BCUT2D eigenvalue weighted by atomic mass is 31.2. The molecule has 0 aromatic rings. The highest BCUT2D eigenvalue weighted by Crippen LogP contribution is 2.58. The van der Waals surface area contributed by atoms with Gasteiger partial charge in [0, 0.05) is 0 Å². The Morgan fingerprint density at radius 3 is 0.633 bits per heavy atom. The van der Waals surface area contributed by atoms with Crippen LogP contribution in [0.1, 0.15) is 19.3 Å². The maximum absolute atomic E-state index is 13.0. The molecule has 1 fully saturated rings. The molecule has 1 saturated carbocycles. The molecule has 0 aromatic heterocycles. The smallest absolute Gasteiger partial charge is 0.306 e. The molecule has 0 amide bonds. The van der Waals surface area contributed by atoms with Gasteiger partial charge in [0.2, 0.25) is 0 Å². The Morgan fingerprint density at radius 1 is 0.327 bits per heavy atom. The molecule has 0 aliphatic heterocycles. The van der Waals surface area contributed by atoms with Gasteiger partial charge in [-0.15, -0.1) is 0 Å². The first kappa shape index (κ1) is 46.0. The Kier molecular flexibility index (Phi) is 14.5. The first-order valence-corrected chi connectivity index (χ1v) is 13.7. The van der Waals surface area contributed by atoms with Crippen molar-refractivity contribution in [2.75, 3.05) is 0 Å². The summed E-state index contributed by atoms with van der Waals surface area (Å²) in [6.07, 6.45) is -83.8. The minimum absolute atomic E-state index is 0.782. The van der Waals surface area contributed by atoms with E-state index in [2.05, 4.69) is 27.1 Å². The topological polar surface area (TPSA) is 55.4 Å².